The number of benzene rings is 1. The summed E-state index contributed by atoms with van der Waals surface area (Å²) in [4.78, 5) is 27.0. The van der Waals surface area contributed by atoms with Crippen molar-refractivity contribution in [3.8, 4) is 0 Å². The number of hydrogen-bond acceptors (Lipinski definition) is 2. The van der Waals surface area contributed by atoms with Gasteiger partial charge in [0.05, 0.1) is 0 Å². The van der Waals surface area contributed by atoms with Crippen LogP contribution in [0.3, 0.4) is 0 Å². The van der Waals surface area contributed by atoms with E-state index in [1.54, 1.807) is 42.8 Å². The number of aryl methyl sites for hydroxylation is 1. The molecule has 3 amide bonds. The molecule has 0 saturated carbocycles. The molecule has 120 valence electrons. The summed E-state index contributed by atoms with van der Waals surface area (Å²) in [6.45, 7) is 4.42. The van der Waals surface area contributed by atoms with Gasteiger partial charge in [0.25, 0.3) is 0 Å². The Hall–Kier alpha value is -2.11. The Labute approximate surface area is 130 Å². The molecule has 5 nitrogen and oxygen atoms in total. The van der Waals surface area contributed by atoms with E-state index in [-0.39, 0.29) is 23.8 Å². The van der Waals surface area contributed by atoms with E-state index in [0.717, 1.165) is 12.8 Å². The van der Waals surface area contributed by atoms with E-state index < -0.39 is 0 Å². The lowest BCUT2D eigenvalue weighted by Crippen LogP contribution is -2.47. The van der Waals surface area contributed by atoms with Crippen molar-refractivity contribution in [1.29, 1.82) is 0 Å². The number of piperidine rings is 1. The first-order valence-corrected chi connectivity index (χ1v) is 7.44. The lowest BCUT2D eigenvalue weighted by Gasteiger charge is -2.36. The van der Waals surface area contributed by atoms with Crippen molar-refractivity contribution in [1.82, 2.24) is 9.80 Å². The van der Waals surface area contributed by atoms with E-state index in [1.807, 2.05) is 0 Å². The van der Waals surface area contributed by atoms with Crippen LogP contribution in [0.2, 0.25) is 0 Å². The van der Waals surface area contributed by atoms with Gasteiger partial charge in [0.2, 0.25) is 5.91 Å². The minimum absolute atomic E-state index is 0.0460. The largest absolute Gasteiger partial charge is 0.343 e. The van der Waals surface area contributed by atoms with Gasteiger partial charge in [-0.1, -0.05) is 0 Å². The number of likely N-dealkylation sites (tertiary alicyclic amines) is 1. The van der Waals surface area contributed by atoms with Gasteiger partial charge in [-0.15, -0.1) is 0 Å². The molecule has 1 saturated heterocycles. The van der Waals surface area contributed by atoms with Gasteiger partial charge >= 0.3 is 6.03 Å². The van der Waals surface area contributed by atoms with Gasteiger partial charge < -0.3 is 15.1 Å². The molecular weight excluding hydrogens is 285 g/mol. The van der Waals surface area contributed by atoms with Crippen LogP contribution >= 0.6 is 0 Å². The lowest BCUT2D eigenvalue weighted by molar-refractivity contribution is -0.130. The first-order valence-electron chi connectivity index (χ1n) is 7.44. The number of amides is 3. The van der Waals surface area contributed by atoms with Crippen LogP contribution in [0.5, 0.6) is 0 Å². The Kier molecular flexibility index (Phi) is 5.00. The van der Waals surface area contributed by atoms with Crippen LogP contribution in [-0.4, -0.2) is 47.9 Å². The quantitative estimate of drug-likeness (QED) is 0.913. The maximum absolute atomic E-state index is 13.2. The zero-order chi connectivity index (χ0) is 16.3. The second kappa shape index (κ2) is 6.77. The van der Waals surface area contributed by atoms with Crippen molar-refractivity contribution < 1.29 is 14.0 Å². The molecule has 0 unspecified atom stereocenters. The highest BCUT2D eigenvalue weighted by molar-refractivity contribution is 5.89. The topological polar surface area (TPSA) is 52.7 Å². The molecule has 1 aliphatic rings. The summed E-state index contributed by atoms with van der Waals surface area (Å²) in [6.07, 6.45) is 1.54. The number of anilines is 1. The van der Waals surface area contributed by atoms with Crippen molar-refractivity contribution in [3.63, 3.8) is 0 Å². The fourth-order valence-electron chi connectivity index (χ4n) is 2.64. The molecular formula is C16H22FN3O2. The molecule has 2 rings (SSSR count). The number of rotatable bonds is 2. The summed E-state index contributed by atoms with van der Waals surface area (Å²) < 4.78 is 13.2. The predicted molar refractivity (Wildman–Crippen MR) is 83.2 cm³/mol. The smallest absolute Gasteiger partial charge is 0.321 e. The molecule has 1 fully saturated rings. The Bertz CT molecular complexity index is 569. The van der Waals surface area contributed by atoms with E-state index >= 15 is 0 Å². The van der Waals surface area contributed by atoms with Gasteiger partial charge in [-0.2, -0.15) is 0 Å². The number of hydrogen-bond donors (Lipinski definition) is 1. The molecule has 6 heteroatoms. The fraction of sp³-hybridized carbons (Fsp3) is 0.500. The van der Waals surface area contributed by atoms with Crippen LogP contribution in [0.4, 0.5) is 14.9 Å². The van der Waals surface area contributed by atoms with Crippen LogP contribution in [0.1, 0.15) is 25.3 Å². The molecule has 0 atom stereocenters. The molecule has 0 spiro atoms. The number of carbonyl (C=O) groups excluding carboxylic acids is 2. The van der Waals surface area contributed by atoms with Gasteiger partial charge in [0.1, 0.15) is 5.82 Å². The average Bonchev–Trinajstić information content (AvgIpc) is 2.50. The summed E-state index contributed by atoms with van der Waals surface area (Å²) in [7, 11) is 1.80. The minimum Gasteiger partial charge on any atom is -0.343 e. The molecule has 1 aromatic rings. The number of halogens is 1. The lowest BCUT2D eigenvalue weighted by atomic mass is 10.0. The highest BCUT2D eigenvalue weighted by Gasteiger charge is 2.26. The molecule has 1 aromatic carbocycles. The molecule has 0 aromatic heterocycles. The summed E-state index contributed by atoms with van der Waals surface area (Å²) in [5.41, 5.74) is 1.09. The van der Waals surface area contributed by atoms with Gasteiger partial charge in [0.15, 0.2) is 0 Å². The Morgan fingerprint density at radius 2 is 1.95 bits per heavy atom. The van der Waals surface area contributed by atoms with Crippen LogP contribution in [0, 0.1) is 12.7 Å². The number of carbonyl (C=O) groups is 2. The summed E-state index contributed by atoms with van der Waals surface area (Å²) in [6, 6.07) is 4.52. The van der Waals surface area contributed by atoms with Crippen LogP contribution in [-0.2, 0) is 4.79 Å². The van der Waals surface area contributed by atoms with Crippen LogP contribution in [0.25, 0.3) is 0 Å². The predicted octanol–water partition coefficient (Wildman–Crippen LogP) is 2.61. The fourth-order valence-corrected chi connectivity index (χ4v) is 2.64. The molecule has 1 heterocycles. The monoisotopic (exact) mass is 307 g/mol. The maximum atomic E-state index is 13.2. The van der Waals surface area contributed by atoms with Gasteiger partial charge in [-0.25, -0.2) is 9.18 Å². The minimum atomic E-state index is -0.286. The van der Waals surface area contributed by atoms with Crippen molar-refractivity contribution in [2.24, 2.45) is 0 Å². The highest BCUT2D eigenvalue weighted by Crippen LogP contribution is 2.18. The number of urea groups is 1. The molecule has 0 radical (unpaired) electrons. The van der Waals surface area contributed by atoms with Gasteiger partial charge in [-0.3, -0.25) is 4.79 Å². The molecule has 1 N–H and O–H groups in total. The zero-order valence-corrected chi connectivity index (χ0v) is 13.2. The van der Waals surface area contributed by atoms with Crippen molar-refractivity contribution in [2.45, 2.75) is 32.7 Å². The van der Waals surface area contributed by atoms with Gasteiger partial charge in [-0.05, 0) is 43.5 Å². The second-order valence-corrected chi connectivity index (χ2v) is 5.74. The number of nitrogens with one attached hydrogen (secondary N) is 1. The number of nitrogens with zero attached hydrogens (tertiary/aromatic N) is 2. The van der Waals surface area contributed by atoms with E-state index in [1.165, 1.54) is 6.07 Å². The van der Waals surface area contributed by atoms with Crippen molar-refractivity contribution >= 4 is 17.6 Å². The Morgan fingerprint density at radius 3 is 2.50 bits per heavy atom. The van der Waals surface area contributed by atoms with E-state index in [9.17, 15) is 14.0 Å². The summed E-state index contributed by atoms with van der Waals surface area (Å²) >= 11 is 0. The third-order valence-electron chi connectivity index (χ3n) is 4.21. The molecule has 22 heavy (non-hydrogen) atoms. The molecule has 0 aliphatic carbocycles. The Balaban J connectivity index is 1.89. The van der Waals surface area contributed by atoms with Crippen LogP contribution in [0.15, 0.2) is 18.2 Å². The van der Waals surface area contributed by atoms with E-state index in [0.29, 0.717) is 24.3 Å². The normalized spacial score (nSPS) is 15.5. The molecule has 0 bridgehead atoms. The summed E-state index contributed by atoms with van der Waals surface area (Å²) in [5.74, 6) is -0.240. The SMILES string of the molecule is CC(=O)N(C)C1CCN(C(=O)Nc2ccc(F)c(C)c2)CC1. The van der Waals surface area contributed by atoms with Gasteiger partial charge in [0, 0.05) is 38.8 Å². The third-order valence-corrected chi connectivity index (χ3v) is 4.21. The maximum Gasteiger partial charge on any atom is 0.321 e. The Morgan fingerprint density at radius 1 is 1.32 bits per heavy atom. The van der Waals surface area contributed by atoms with Crippen molar-refractivity contribution in [2.75, 3.05) is 25.5 Å². The van der Waals surface area contributed by atoms with E-state index in [2.05, 4.69) is 5.32 Å². The first-order chi connectivity index (χ1) is 10.4. The molecule has 1 aliphatic heterocycles. The first kappa shape index (κ1) is 16.3. The average molecular weight is 307 g/mol. The third kappa shape index (κ3) is 3.75. The standard InChI is InChI=1S/C16H22FN3O2/c1-11-10-13(4-5-15(11)17)18-16(22)20-8-6-14(7-9-20)19(3)12(2)21/h4-5,10,14H,6-9H2,1-3H3,(H,18,22). The highest BCUT2D eigenvalue weighted by atomic mass is 19.1. The second-order valence-electron chi connectivity index (χ2n) is 5.74. The van der Waals surface area contributed by atoms with E-state index in [4.69, 9.17) is 0 Å². The zero-order valence-electron chi connectivity index (χ0n) is 13.2. The van der Waals surface area contributed by atoms with Crippen molar-refractivity contribution in [3.05, 3.63) is 29.6 Å². The van der Waals surface area contributed by atoms with Crippen LogP contribution < -0.4 is 5.32 Å². The summed E-state index contributed by atoms with van der Waals surface area (Å²) in [5, 5.41) is 2.79.